The third-order valence-electron chi connectivity index (χ3n) is 5.67. The number of rotatable bonds is 13. The molecule has 0 radical (unpaired) electrons. The molecule has 168 valence electrons. The fraction of sp³-hybridized carbons (Fsp3) is 0.667. The van der Waals surface area contributed by atoms with Crippen LogP contribution in [0.15, 0.2) is 23.1 Å². The maximum atomic E-state index is 12.7. The van der Waals surface area contributed by atoms with Gasteiger partial charge in [-0.2, -0.15) is 0 Å². The van der Waals surface area contributed by atoms with E-state index >= 15 is 0 Å². The van der Waals surface area contributed by atoms with Gasteiger partial charge in [-0.3, -0.25) is 0 Å². The Kier molecular flexibility index (Phi) is 9.77. The summed E-state index contributed by atoms with van der Waals surface area (Å²) >= 11 is -2.69. The van der Waals surface area contributed by atoms with E-state index in [2.05, 4.69) is 30.6 Å². The van der Waals surface area contributed by atoms with Crippen LogP contribution in [0.3, 0.4) is 0 Å². The van der Waals surface area contributed by atoms with Crippen LogP contribution in [0.5, 0.6) is 6.01 Å². The third kappa shape index (κ3) is 6.04. The van der Waals surface area contributed by atoms with E-state index in [4.69, 9.17) is 4.98 Å². The summed E-state index contributed by atoms with van der Waals surface area (Å²) in [7, 11) is 1.40. The van der Waals surface area contributed by atoms with Crippen LogP contribution in [-0.4, -0.2) is 44.3 Å². The molecule has 0 amide bonds. The van der Waals surface area contributed by atoms with Crippen LogP contribution in [0.2, 0.25) is 13.3 Å². The van der Waals surface area contributed by atoms with E-state index in [-0.39, 0.29) is 0 Å². The van der Waals surface area contributed by atoms with Gasteiger partial charge in [0.25, 0.3) is 0 Å². The predicted molar refractivity (Wildman–Crippen MR) is 118 cm³/mol. The van der Waals surface area contributed by atoms with Gasteiger partial charge in [-0.25, -0.2) is 0 Å². The molecule has 0 N–H and O–H groups in total. The van der Waals surface area contributed by atoms with Gasteiger partial charge in [0.2, 0.25) is 0 Å². The Hall–Kier alpha value is -1.45. The molecule has 0 saturated heterocycles. The molecule has 2 heterocycles. The van der Waals surface area contributed by atoms with Crippen molar-refractivity contribution in [3.05, 3.63) is 28.8 Å². The molecule has 0 aliphatic rings. The van der Waals surface area contributed by atoms with Gasteiger partial charge in [-0.15, -0.1) is 0 Å². The van der Waals surface area contributed by atoms with Crippen molar-refractivity contribution in [2.75, 3.05) is 0 Å². The van der Waals surface area contributed by atoms with Crippen molar-refractivity contribution in [2.45, 2.75) is 79.2 Å². The third-order valence-corrected chi connectivity index (χ3v) is 20.8. The average Bonchev–Trinajstić information content (AvgIpc) is 3.00. The second-order valence-electron chi connectivity index (χ2n) is 7.90. The molecule has 0 aliphatic heterocycles. The summed E-state index contributed by atoms with van der Waals surface area (Å²) in [4.78, 5) is 17.2. The molecule has 0 atom stereocenters. The Labute approximate surface area is 181 Å². The zero-order valence-corrected chi connectivity index (χ0v) is 21.4. The standard InChI is InChI=1S/C9H7F2N4O2.3C4H9.Sn/c1-14-9(16)15(6-3-2-4-12-5-6)8(13-14)17-7(10)11;3*1-3-4-2;/h2-3,5,7H,1H3;3*1,3-4H2,2H3;. The minimum absolute atomic E-state index is 0.397. The molecule has 0 bridgehead atoms. The summed E-state index contributed by atoms with van der Waals surface area (Å²) in [6, 6.07) is 3.40. The Bertz CT molecular complexity index is 815. The van der Waals surface area contributed by atoms with Crippen LogP contribution in [0.1, 0.15) is 59.3 Å². The molecule has 2 rings (SSSR count). The van der Waals surface area contributed by atoms with Gasteiger partial charge in [0.1, 0.15) is 0 Å². The number of nitrogens with zero attached hydrogens (tertiary/aromatic N) is 4. The number of pyridine rings is 1. The number of alkyl halides is 2. The topological polar surface area (TPSA) is 61.9 Å². The van der Waals surface area contributed by atoms with Crippen LogP contribution < -0.4 is 14.1 Å². The molecule has 0 aromatic carbocycles. The molecular weight excluding hydrogens is 497 g/mol. The van der Waals surface area contributed by atoms with Gasteiger partial charge in [-0.05, 0) is 0 Å². The molecule has 6 nitrogen and oxygen atoms in total. The summed E-state index contributed by atoms with van der Waals surface area (Å²) in [5.74, 6) is 0. The van der Waals surface area contributed by atoms with Crippen molar-refractivity contribution in [3.8, 4) is 11.7 Å². The van der Waals surface area contributed by atoms with E-state index in [0.29, 0.717) is 5.69 Å². The van der Waals surface area contributed by atoms with E-state index < -0.39 is 36.7 Å². The predicted octanol–water partition coefficient (Wildman–Crippen LogP) is 4.62. The monoisotopic (exact) mass is 532 g/mol. The quantitative estimate of drug-likeness (QED) is 0.354. The first kappa shape index (κ1) is 24.8. The Morgan fingerprint density at radius 2 is 1.60 bits per heavy atom. The first-order valence-electron chi connectivity index (χ1n) is 11.0. The van der Waals surface area contributed by atoms with Crippen molar-refractivity contribution in [3.63, 3.8) is 0 Å². The zero-order valence-electron chi connectivity index (χ0n) is 18.5. The van der Waals surface area contributed by atoms with Gasteiger partial charge in [0.05, 0.1) is 0 Å². The number of aryl methyl sites for hydroxylation is 1. The summed E-state index contributed by atoms with van der Waals surface area (Å²) < 4.78 is 37.0. The molecule has 9 heteroatoms. The Balaban J connectivity index is 2.44. The average molecular weight is 531 g/mol. The van der Waals surface area contributed by atoms with E-state index in [0.717, 1.165) is 9.25 Å². The fourth-order valence-electron chi connectivity index (χ4n) is 3.96. The molecule has 30 heavy (non-hydrogen) atoms. The van der Waals surface area contributed by atoms with E-state index in [1.54, 1.807) is 12.3 Å². The van der Waals surface area contributed by atoms with Crippen LogP contribution in [0.4, 0.5) is 8.78 Å². The zero-order chi connectivity index (χ0) is 22.1. The number of hydrogen-bond donors (Lipinski definition) is 0. The number of ether oxygens (including phenoxy) is 1. The molecule has 0 spiro atoms. The van der Waals surface area contributed by atoms with Gasteiger partial charge in [0, 0.05) is 0 Å². The van der Waals surface area contributed by atoms with Gasteiger partial charge >= 0.3 is 182 Å². The molecule has 0 saturated carbocycles. The first-order chi connectivity index (χ1) is 14.4. The summed E-state index contributed by atoms with van der Waals surface area (Å²) in [5, 5.41) is 3.77. The molecule has 0 unspecified atom stereocenters. The van der Waals surface area contributed by atoms with Crippen LogP contribution >= 0.6 is 0 Å². The first-order valence-corrected chi connectivity index (χ1v) is 18.4. The number of aromatic nitrogens is 4. The number of unbranched alkanes of at least 4 members (excludes halogenated alkanes) is 3. The number of halogens is 2. The van der Waals surface area contributed by atoms with Crippen molar-refractivity contribution in [1.29, 1.82) is 0 Å². The van der Waals surface area contributed by atoms with E-state index in [9.17, 15) is 13.6 Å². The summed E-state index contributed by atoms with van der Waals surface area (Å²) in [6.45, 7) is 3.63. The van der Waals surface area contributed by atoms with Crippen molar-refractivity contribution in [2.24, 2.45) is 7.05 Å². The Morgan fingerprint density at radius 1 is 1.03 bits per heavy atom. The van der Waals surface area contributed by atoms with Gasteiger partial charge in [-0.1, -0.05) is 0 Å². The molecular formula is C21H34F2N4O2Sn. The normalized spacial score (nSPS) is 12.0. The fourth-order valence-corrected chi connectivity index (χ4v) is 19.3. The second kappa shape index (κ2) is 11.8. The van der Waals surface area contributed by atoms with Gasteiger partial charge in [0.15, 0.2) is 0 Å². The molecule has 0 fully saturated rings. The molecule has 0 aliphatic carbocycles. The summed E-state index contributed by atoms with van der Waals surface area (Å²) in [5.41, 5.74) is -0.146. The van der Waals surface area contributed by atoms with Crippen LogP contribution in [-0.2, 0) is 7.05 Å². The van der Waals surface area contributed by atoms with Crippen molar-refractivity contribution in [1.82, 2.24) is 19.3 Å². The maximum absolute atomic E-state index is 12.7. The van der Waals surface area contributed by atoms with Gasteiger partial charge < -0.3 is 0 Å². The molecule has 2 aromatic rings. The van der Waals surface area contributed by atoms with Crippen LogP contribution in [0, 0.1) is 0 Å². The summed E-state index contributed by atoms with van der Waals surface area (Å²) in [6.07, 6.45) is 8.81. The second-order valence-corrected chi connectivity index (χ2v) is 20.9. The van der Waals surface area contributed by atoms with E-state index in [1.165, 1.54) is 62.6 Å². The van der Waals surface area contributed by atoms with Crippen molar-refractivity contribution >= 4 is 22.1 Å². The SMILES string of the molecule is CCC[CH2][Sn]([CH2]CCC)([CH2]CCC)[c]1ccc(-n2c(OC(F)F)nn(C)c2=O)cn1. The molecule has 2 aromatic heterocycles. The van der Waals surface area contributed by atoms with Crippen LogP contribution in [0.25, 0.3) is 5.69 Å². The number of hydrogen-bond acceptors (Lipinski definition) is 4. The van der Waals surface area contributed by atoms with E-state index in [1.807, 2.05) is 6.07 Å². The Morgan fingerprint density at radius 3 is 2.03 bits per heavy atom. The van der Waals surface area contributed by atoms with Crippen molar-refractivity contribution < 1.29 is 13.5 Å². The minimum atomic E-state index is -3.06.